The fraction of sp³-hybridized carbons (Fsp3) is 0.265. The molecule has 0 aliphatic carbocycles. The van der Waals surface area contributed by atoms with Crippen molar-refractivity contribution in [1.82, 2.24) is 10.3 Å². The summed E-state index contributed by atoms with van der Waals surface area (Å²) in [6, 6.07) is 25.5. The number of nitrogens with one attached hydrogen (secondary N) is 1. The van der Waals surface area contributed by atoms with Crippen molar-refractivity contribution in [2.24, 2.45) is 0 Å². The molecule has 5 rings (SSSR count). The molecule has 3 aromatic carbocycles. The number of aromatic nitrogens is 1. The summed E-state index contributed by atoms with van der Waals surface area (Å²) in [5.74, 6) is -1.04. The number of carboxylic acids is 1. The number of ether oxygens (including phenoxy) is 2. The van der Waals surface area contributed by atoms with Crippen LogP contribution in [0.15, 0.2) is 85.1 Å². The maximum atomic E-state index is 12.8. The molecule has 0 radical (unpaired) electrons. The molecule has 0 spiro atoms. The molecule has 10 heteroatoms. The summed E-state index contributed by atoms with van der Waals surface area (Å²) in [4.78, 5) is 28.5. The number of nitriles is 1. The summed E-state index contributed by atoms with van der Waals surface area (Å²) >= 11 is 0. The Bertz CT molecular complexity index is 1700. The summed E-state index contributed by atoms with van der Waals surface area (Å²) in [6.07, 6.45) is 2.13. The van der Waals surface area contributed by atoms with E-state index in [2.05, 4.69) is 10.3 Å². The van der Waals surface area contributed by atoms with Crippen molar-refractivity contribution in [3.63, 3.8) is 0 Å². The largest absolute Gasteiger partial charge is 0.482 e. The number of aliphatic carboxylic acids is 1. The molecule has 2 N–H and O–H groups in total. The molecule has 224 valence electrons. The van der Waals surface area contributed by atoms with Crippen molar-refractivity contribution in [1.29, 1.82) is 5.26 Å². The van der Waals surface area contributed by atoms with E-state index in [4.69, 9.17) is 9.47 Å². The van der Waals surface area contributed by atoms with E-state index in [1.165, 1.54) is 18.3 Å². The Morgan fingerprint density at radius 3 is 2.64 bits per heavy atom. The lowest BCUT2D eigenvalue weighted by Gasteiger charge is -2.40. The third-order valence-corrected chi connectivity index (χ3v) is 8.02. The quantitative estimate of drug-likeness (QED) is 0.152. The highest BCUT2D eigenvalue weighted by atomic mass is 16.6. The smallest absolute Gasteiger partial charge is 0.326 e. The zero-order chi connectivity index (χ0) is 31.1. The second kappa shape index (κ2) is 13.5. The Hall–Kier alpha value is -5.11. The van der Waals surface area contributed by atoms with Gasteiger partial charge in [0.15, 0.2) is 5.75 Å². The third kappa shape index (κ3) is 6.44. The van der Waals surface area contributed by atoms with Gasteiger partial charge in [-0.3, -0.25) is 20.2 Å². The van der Waals surface area contributed by atoms with Crippen molar-refractivity contribution in [3.05, 3.63) is 123 Å². The number of rotatable bonds is 11. The van der Waals surface area contributed by atoms with E-state index in [1.807, 2.05) is 61.5 Å². The van der Waals surface area contributed by atoms with Crippen molar-refractivity contribution >= 4 is 11.7 Å². The van der Waals surface area contributed by atoms with Gasteiger partial charge in [0.05, 0.1) is 11.5 Å². The summed E-state index contributed by atoms with van der Waals surface area (Å²) in [5.41, 5.74) is 3.37. The van der Waals surface area contributed by atoms with Crippen molar-refractivity contribution in [2.45, 2.75) is 51.0 Å². The molecule has 1 aliphatic rings. The number of benzene rings is 3. The lowest BCUT2D eigenvalue weighted by atomic mass is 9.80. The molecule has 0 bridgehead atoms. The van der Waals surface area contributed by atoms with E-state index < -0.39 is 22.5 Å². The predicted molar refractivity (Wildman–Crippen MR) is 163 cm³/mol. The van der Waals surface area contributed by atoms with Gasteiger partial charge in [-0.1, -0.05) is 54.6 Å². The highest BCUT2D eigenvalue weighted by Crippen LogP contribution is 2.40. The molecule has 2 unspecified atom stereocenters. The molecular formula is C34H32N4O6. The monoisotopic (exact) mass is 592 g/mol. The first kappa shape index (κ1) is 30.4. The van der Waals surface area contributed by atoms with E-state index in [-0.39, 0.29) is 36.8 Å². The highest BCUT2D eigenvalue weighted by molar-refractivity contribution is 5.80. The van der Waals surface area contributed by atoms with Crippen LogP contribution in [0.25, 0.3) is 11.1 Å². The number of carbonyl (C=O) groups is 1. The highest BCUT2D eigenvalue weighted by Gasteiger charge is 2.48. The number of nitrogens with zero attached hydrogens (tertiary/aromatic N) is 3. The fourth-order valence-electron chi connectivity index (χ4n) is 5.66. The first-order valence-corrected chi connectivity index (χ1v) is 14.3. The van der Waals surface area contributed by atoms with Crippen LogP contribution in [0.5, 0.6) is 5.75 Å². The number of hydrogen-bond donors (Lipinski definition) is 2. The van der Waals surface area contributed by atoms with Crippen LogP contribution in [-0.4, -0.2) is 33.1 Å². The second-order valence-corrected chi connectivity index (χ2v) is 10.7. The van der Waals surface area contributed by atoms with Gasteiger partial charge in [-0.15, -0.1) is 0 Å². The second-order valence-electron chi connectivity index (χ2n) is 10.7. The Morgan fingerprint density at radius 2 is 1.93 bits per heavy atom. The van der Waals surface area contributed by atoms with E-state index in [1.54, 1.807) is 18.2 Å². The first-order chi connectivity index (χ1) is 21.3. The zero-order valence-corrected chi connectivity index (χ0v) is 24.2. The molecular weight excluding hydrogens is 560 g/mol. The number of carboxylic acid groups (broad SMARTS) is 1. The molecule has 0 amide bonds. The van der Waals surface area contributed by atoms with E-state index in [9.17, 15) is 25.3 Å². The first-order valence-electron chi connectivity index (χ1n) is 14.3. The maximum Gasteiger partial charge on any atom is 0.326 e. The lowest BCUT2D eigenvalue weighted by Crippen LogP contribution is -2.59. The Morgan fingerprint density at radius 1 is 1.11 bits per heavy atom. The normalized spacial score (nSPS) is 16.9. The fourth-order valence-corrected chi connectivity index (χ4v) is 5.66. The zero-order valence-electron chi connectivity index (χ0n) is 24.2. The molecule has 1 aromatic heterocycles. The van der Waals surface area contributed by atoms with Crippen molar-refractivity contribution in [3.8, 4) is 22.9 Å². The van der Waals surface area contributed by atoms with Crippen LogP contribution in [0.2, 0.25) is 0 Å². The van der Waals surface area contributed by atoms with Gasteiger partial charge < -0.3 is 14.6 Å². The van der Waals surface area contributed by atoms with Crippen LogP contribution in [0, 0.1) is 28.4 Å². The standard InChI is InChI=1S/C34H32N4O6/c1-23-27(10-7-11-29(23)25-8-3-2-4-9-25)22-43-31-13-12-26(19-30(31)38(41)42)32(34(33(39)40)15-5-6-16-37-34)44-21-24-14-17-36-28(18-24)20-35/h2-4,7-14,17-19,32,37H,5-6,15-16,21-22H2,1H3,(H,39,40). The van der Waals surface area contributed by atoms with Crippen LogP contribution in [0.3, 0.4) is 0 Å². The van der Waals surface area contributed by atoms with E-state index >= 15 is 0 Å². The Balaban J connectivity index is 1.46. The molecule has 4 aromatic rings. The van der Waals surface area contributed by atoms with E-state index in [0.29, 0.717) is 24.1 Å². The van der Waals surface area contributed by atoms with Gasteiger partial charge in [0.2, 0.25) is 0 Å². The summed E-state index contributed by atoms with van der Waals surface area (Å²) in [7, 11) is 0. The van der Waals surface area contributed by atoms with Crippen LogP contribution in [0.1, 0.15) is 53.3 Å². The minimum Gasteiger partial charge on any atom is -0.482 e. The molecule has 1 saturated heterocycles. The van der Waals surface area contributed by atoms with Crippen LogP contribution in [-0.2, 0) is 22.7 Å². The average Bonchev–Trinajstić information content (AvgIpc) is 3.05. The number of nitro benzene ring substituents is 1. The Kier molecular flexibility index (Phi) is 9.29. The summed E-state index contributed by atoms with van der Waals surface area (Å²) in [5, 5.41) is 35.0. The lowest BCUT2D eigenvalue weighted by molar-refractivity contribution is -0.386. The number of pyridine rings is 1. The third-order valence-electron chi connectivity index (χ3n) is 8.02. The predicted octanol–water partition coefficient (Wildman–Crippen LogP) is 6.27. The average molecular weight is 593 g/mol. The van der Waals surface area contributed by atoms with Gasteiger partial charge in [-0.2, -0.15) is 5.26 Å². The van der Waals surface area contributed by atoms with Crippen LogP contribution < -0.4 is 10.1 Å². The van der Waals surface area contributed by atoms with Crippen LogP contribution >= 0.6 is 0 Å². The minimum absolute atomic E-state index is 0.0261. The Labute approximate surface area is 255 Å². The van der Waals surface area contributed by atoms with Gasteiger partial charge in [0.1, 0.15) is 30.0 Å². The molecule has 44 heavy (non-hydrogen) atoms. The molecule has 2 atom stereocenters. The SMILES string of the molecule is Cc1c(COc2ccc(C(OCc3ccnc(C#N)c3)C3(C(=O)O)CCCCN3)cc2[N+](=O)[O-])cccc1-c1ccccc1. The van der Waals surface area contributed by atoms with Gasteiger partial charge in [0.25, 0.3) is 0 Å². The molecule has 2 heterocycles. The summed E-state index contributed by atoms with van der Waals surface area (Å²) < 4.78 is 12.3. The van der Waals surface area contributed by atoms with Crippen molar-refractivity contribution < 1.29 is 24.3 Å². The minimum atomic E-state index is -1.51. The van der Waals surface area contributed by atoms with E-state index in [0.717, 1.165) is 28.7 Å². The molecule has 10 nitrogen and oxygen atoms in total. The van der Waals surface area contributed by atoms with Gasteiger partial charge in [-0.25, -0.2) is 4.98 Å². The van der Waals surface area contributed by atoms with Gasteiger partial charge in [-0.05, 0) is 84.3 Å². The number of nitro groups is 1. The number of piperidine rings is 1. The molecule has 0 saturated carbocycles. The van der Waals surface area contributed by atoms with Crippen LogP contribution in [0.4, 0.5) is 5.69 Å². The maximum absolute atomic E-state index is 12.8. The van der Waals surface area contributed by atoms with Gasteiger partial charge >= 0.3 is 11.7 Å². The summed E-state index contributed by atoms with van der Waals surface area (Å²) in [6.45, 7) is 2.54. The molecule has 1 fully saturated rings. The topological polar surface area (TPSA) is 148 Å². The van der Waals surface area contributed by atoms with Crippen molar-refractivity contribution in [2.75, 3.05) is 6.54 Å². The molecule has 1 aliphatic heterocycles. The van der Waals surface area contributed by atoms with Gasteiger partial charge in [0, 0.05) is 12.3 Å². The number of hydrogen-bond acceptors (Lipinski definition) is 8.